The highest BCUT2D eigenvalue weighted by atomic mass is 35.5. The number of para-hydroxylation sites is 1. The Morgan fingerprint density at radius 1 is 0.971 bits per heavy atom. The van der Waals surface area contributed by atoms with Gasteiger partial charge in [-0.3, -0.25) is 14.2 Å². The lowest BCUT2D eigenvalue weighted by Gasteiger charge is -2.33. The Bertz CT molecular complexity index is 1370. The molecule has 5 nitrogen and oxygen atoms in total. The average Bonchev–Trinajstić information content (AvgIpc) is 2.88. The van der Waals surface area contributed by atoms with Crippen LogP contribution in [-0.2, 0) is 4.79 Å². The van der Waals surface area contributed by atoms with E-state index >= 15 is 0 Å². The van der Waals surface area contributed by atoms with Gasteiger partial charge in [-0.05, 0) is 61.7 Å². The monoisotopic (exact) mass is 487 g/mol. The Labute approximate surface area is 211 Å². The van der Waals surface area contributed by atoms with Crippen molar-refractivity contribution < 1.29 is 4.79 Å². The molecule has 0 N–H and O–H groups in total. The maximum absolute atomic E-state index is 13.9. The van der Waals surface area contributed by atoms with Crippen molar-refractivity contribution in [1.82, 2.24) is 14.5 Å². The van der Waals surface area contributed by atoms with E-state index in [0.29, 0.717) is 40.4 Å². The molecule has 0 bridgehead atoms. The lowest BCUT2D eigenvalue weighted by Crippen LogP contribution is -2.40. The number of fused-ring (bicyclic) bond motifs is 1. The van der Waals surface area contributed by atoms with Crippen molar-refractivity contribution in [1.29, 1.82) is 0 Å². The molecule has 0 spiro atoms. The van der Waals surface area contributed by atoms with Gasteiger partial charge in [-0.1, -0.05) is 67.9 Å². The van der Waals surface area contributed by atoms with Crippen molar-refractivity contribution in [2.75, 3.05) is 6.54 Å². The van der Waals surface area contributed by atoms with Gasteiger partial charge in [0.25, 0.3) is 5.56 Å². The van der Waals surface area contributed by atoms with Crippen LogP contribution in [0.2, 0.25) is 5.02 Å². The number of halogens is 1. The quantitative estimate of drug-likeness (QED) is 0.284. The van der Waals surface area contributed by atoms with Gasteiger partial charge in [0, 0.05) is 11.6 Å². The fourth-order valence-electron chi connectivity index (χ4n) is 4.58. The minimum atomic E-state index is -0.423. The summed E-state index contributed by atoms with van der Waals surface area (Å²) in [7, 11) is 0. The van der Waals surface area contributed by atoms with E-state index in [2.05, 4.69) is 6.92 Å². The van der Waals surface area contributed by atoms with Crippen LogP contribution in [-0.4, -0.2) is 26.9 Å². The maximum atomic E-state index is 13.9. The lowest BCUT2D eigenvalue weighted by molar-refractivity contribution is -0.135. The molecule has 4 rings (SSSR count). The molecular weight excluding hydrogens is 458 g/mol. The molecule has 0 fully saturated rings. The summed E-state index contributed by atoms with van der Waals surface area (Å²) in [6.07, 6.45) is 1.48. The van der Waals surface area contributed by atoms with Gasteiger partial charge in [-0.25, -0.2) is 4.98 Å². The number of carbonyl (C=O) groups excluding carboxylic acids is 1. The summed E-state index contributed by atoms with van der Waals surface area (Å²) in [5, 5.41) is 1.11. The SMILES string of the molecule is CCCN(C(=O)C(CC)c1ccccc1)C(C)c1nc2ccccc2c(=O)n1-c1ccc(Cl)cc1. The van der Waals surface area contributed by atoms with Crippen LogP contribution in [0.4, 0.5) is 0 Å². The Morgan fingerprint density at radius 2 is 1.63 bits per heavy atom. The molecule has 1 amide bonds. The highest BCUT2D eigenvalue weighted by Crippen LogP contribution is 2.29. The highest BCUT2D eigenvalue weighted by molar-refractivity contribution is 6.30. The third-order valence-electron chi connectivity index (χ3n) is 6.38. The third-order valence-corrected chi connectivity index (χ3v) is 6.64. The second-order valence-corrected chi connectivity index (χ2v) is 9.12. The zero-order chi connectivity index (χ0) is 24.9. The largest absolute Gasteiger partial charge is 0.332 e. The van der Waals surface area contributed by atoms with Crippen LogP contribution < -0.4 is 5.56 Å². The van der Waals surface area contributed by atoms with Crippen molar-refractivity contribution in [3.8, 4) is 5.69 Å². The molecule has 0 aliphatic heterocycles. The molecule has 2 unspecified atom stereocenters. The second kappa shape index (κ2) is 10.9. The van der Waals surface area contributed by atoms with Crippen molar-refractivity contribution in [3.05, 3.63) is 106 Å². The van der Waals surface area contributed by atoms with E-state index in [1.165, 1.54) is 0 Å². The number of hydrogen-bond donors (Lipinski definition) is 0. The molecule has 3 aromatic carbocycles. The molecule has 180 valence electrons. The molecule has 0 saturated carbocycles. The topological polar surface area (TPSA) is 55.2 Å². The van der Waals surface area contributed by atoms with Gasteiger partial charge in [0.2, 0.25) is 5.91 Å². The maximum Gasteiger partial charge on any atom is 0.266 e. The van der Waals surface area contributed by atoms with Crippen LogP contribution in [0.15, 0.2) is 83.7 Å². The number of amides is 1. The standard InChI is InChI=1S/C29H30ClN3O2/c1-4-19-32(28(34)24(5-2)21-11-7-6-8-12-21)20(3)27-31-26-14-10-9-13-25(26)29(35)33(27)23-17-15-22(30)16-18-23/h6-18,20,24H,4-5,19H2,1-3H3. The van der Waals surface area contributed by atoms with Gasteiger partial charge < -0.3 is 4.90 Å². The van der Waals surface area contributed by atoms with Crippen molar-refractivity contribution in [2.45, 2.75) is 45.6 Å². The first-order valence-electron chi connectivity index (χ1n) is 12.1. The molecule has 1 aromatic heterocycles. The van der Waals surface area contributed by atoms with E-state index in [1.54, 1.807) is 34.9 Å². The Kier molecular flexibility index (Phi) is 7.67. The van der Waals surface area contributed by atoms with E-state index in [9.17, 15) is 9.59 Å². The van der Waals surface area contributed by atoms with E-state index in [1.807, 2.05) is 67.3 Å². The summed E-state index contributed by atoms with van der Waals surface area (Å²) in [5.74, 6) is 0.306. The van der Waals surface area contributed by atoms with Crippen LogP contribution in [0.3, 0.4) is 0 Å². The van der Waals surface area contributed by atoms with Crippen molar-refractivity contribution in [2.24, 2.45) is 0 Å². The van der Waals surface area contributed by atoms with E-state index in [4.69, 9.17) is 16.6 Å². The van der Waals surface area contributed by atoms with Crippen molar-refractivity contribution >= 4 is 28.4 Å². The minimum absolute atomic E-state index is 0.0399. The first-order chi connectivity index (χ1) is 17.0. The Hall–Kier alpha value is -3.44. The number of aromatic nitrogens is 2. The second-order valence-electron chi connectivity index (χ2n) is 8.68. The van der Waals surface area contributed by atoms with Crippen LogP contribution in [0.5, 0.6) is 0 Å². The van der Waals surface area contributed by atoms with Crippen LogP contribution in [0.25, 0.3) is 16.6 Å². The predicted octanol–water partition coefficient (Wildman–Crippen LogP) is 6.53. The normalized spacial score (nSPS) is 12.9. The Morgan fingerprint density at radius 3 is 2.29 bits per heavy atom. The molecule has 35 heavy (non-hydrogen) atoms. The molecule has 6 heteroatoms. The first-order valence-corrected chi connectivity index (χ1v) is 12.5. The van der Waals surface area contributed by atoms with Crippen LogP contribution in [0.1, 0.15) is 57.0 Å². The predicted molar refractivity (Wildman–Crippen MR) is 142 cm³/mol. The highest BCUT2D eigenvalue weighted by Gasteiger charge is 2.31. The van der Waals surface area contributed by atoms with Gasteiger partial charge >= 0.3 is 0 Å². The Balaban J connectivity index is 1.87. The molecule has 4 aromatic rings. The van der Waals surface area contributed by atoms with E-state index in [-0.39, 0.29) is 17.4 Å². The van der Waals surface area contributed by atoms with Crippen molar-refractivity contribution in [3.63, 3.8) is 0 Å². The molecular formula is C29H30ClN3O2. The molecule has 2 atom stereocenters. The summed E-state index contributed by atoms with van der Waals surface area (Å²) >= 11 is 6.12. The fourth-order valence-corrected chi connectivity index (χ4v) is 4.71. The summed E-state index contributed by atoms with van der Waals surface area (Å²) in [4.78, 5) is 34.4. The molecule has 0 aliphatic carbocycles. The molecule has 0 aliphatic rings. The van der Waals surface area contributed by atoms with Gasteiger partial charge in [0.15, 0.2) is 0 Å². The summed E-state index contributed by atoms with van der Waals surface area (Å²) < 4.78 is 1.61. The van der Waals surface area contributed by atoms with Gasteiger partial charge in [-0.2, -0.15) is 0 Å². The summed E-state index contributed by atoms with van der Waals surface area (Å²) in [6.45, 7) is 6.60. The van der Waals surface area contributed by atoms with Gasteiger partial charge in [0.05, 0.1) is 28.6 Å². The van der Waals surface area contributed by atoms with Gasteiger partial charge in [-0.15, -0.1) is 0 Å². The third kappa shape index (κ3) is 5.01. The zero-order valence-corrected chi connectivity index (χ0v) is 21.1. The average molecular weight is 488 g/mol. The molecule has 0 radical (unpaired) electrons. The number of benzene rings is 3. The number of rotatable bonds is 8. The summed E-state index contributed by atoms with van der Waals surface area (Å²) in [6, 6.07) is 23.9. The smallest absolute Gasteiger partial charge is 0.266 e. The summed E-state index contributed by atoms with van der Waals surface area (Å²) in [5.41, 5.74) is 2.11. The number of hydrogen-bond acceptors (Lipinski definition) is 3. The van der Waals surface area contributed by atoms with Crippen LogP contribution in [0, 0.1) is 0 Å². The van der Waals surface area contributed by atoms with Crippen LogP contribution >= 0.6 is 11.6 Å². The van der Waals surface area contributed by atoms with E-state index < -0.39 is 6.04 Å². The molecule has 1 heterocycles. The molecule has 0 saturated heterocycles. The zero-order valence-electron chi connectivity index (χ0n) is 20.3. The fraction of sp³-hybridized carbons (Fsp3) is 0.276. The van der Waals surface area contributed by atoms with E-state index in [0.717, 1.165) is 12.0 Å². The number of carbonyl (C=O) groups is 1. The lowest BCUT2D eigenvalue weighted by atomic mass is 9.94. The number of nitrogens with zero attached hydrogens (tertiary/aromatic N) is 3. The first kappa shape index (κ1) is 24.7. The van der Waals surface area contributed by atoms with Gasteiger partial charge in [0.1, 0.15) is 5.82 Å². The minimum Gasteiger partial charge on any atom is -0.332 e.